The van der Waals surface area contributed by atoms with E-state index in [4.69, 9.17) is 4.98 Å². The molecule has 0 atom stereocenters. The van der Waals surface area contributed by atoms with Crippen molar-refractivity contribution in [3.05, 3.63) is 53.2 Å². The van der Waals surface area contributed by atoms with E-state index in [-0.39, 0.29) is 5.78 Å². The highest BCUT2D eigenvalue weighted by Crippen LogP contribution is 2.36. The number of Topliss-reactive ketones (excluding diaryl/α,β-unsaturated/α-hetero) is 1. The molecule has 1 saturated heterocycles. The minimum atomic E-state index is 0.284. The summed E-state index contributed by atoms with van der Waals surface area (Å²) in [5.41, 5.74) is 4.97. The molecule has 6 rings (SSSR count). The minimum Gasteiger partial charge on any atom is -0.368 e. The normalized spacial score (nSPS) is 22.4. The molecule has 0 spiro atoms. The van der Waals surface area contributed by atoms with Gasteiger partial charge in [-0.15, -0.1) is 0 Å². The Bertz CT molecular complexity index is 1290. The lowest BCUT2D eigenvalue weighted by Crippen LogP contribution is -2.47. The quantitative estimate of drug-likeness (QED) is 0.648. The Morgan fingerprint density at radius 2 is 1.85 bits per heavy atom. The van der Waals surface area contributed by atoms with Gasteiger partial charge in [-0.05, 0) is 68.6 Å². The highest BCUT2D eigenvalue weighted by Gasteiger charge is 2.31. The highest BCUT2D eigenvalue weighted by molar-refractivity contribution is 5.98. The second-order valence-electron chi connectivity index (χ2n) is 9.81. The number of aryl methyl sites for hydroxylation is 1. The number of piperazine rings is 1. The van der Waals surface area contributed by atoms with E-state index in [1.807, 2.05) is 19.3 Å². The number of aromatic nitrogens is 2. The number of ketones is 1. The first-order valence-electron chi connectivity index (χ1n) is 12.4. The van der Waals surface area contributed by atoms with Crippen LogP contribution >= 0.6 is 0 Å². The van der Waals surface area contributed by atoms with Crippen LogP contribution in [0.15, 0.2) is 36.5 Å². The fraction of sp³-hybridized carbons (Fsp3) is 0.444. The Labute approximate surface area is 200 Å². The smallest absolute Gasteiger partial charge is 0.163 e. The van der Waals surface area contributed by atoms with Crippen molar-refractivity contribution in [1.82, 2.24) is 14.9 Å². The lowest BCUT2D eigenvalue weighted by Gasteiger charge is -2.38. The number of fused-ring (bicyclic) bond motifs is 2. The molecular formula is C27H30N6O. The third-order valence-electron chi connectivity index (χ3n) is 7.91. The molecule has 0 bridgehead atoms. The van der Waals surface area contributed by atoms with Crippen LogP contribution in [0.1, 0.15) is 53.2 Å². The van der Waals surface area contributed by atoms with Crippen LogP contribution in [0.3, 0.4) is 0 Å². The van der Waals surface area contributed by atoms with Crippen molar-refractivity contribution in [2.24, 2.45) is 0 Å². The molecule has 1 saturated carbocycles. The molecule has 3 heterocycles. The van der Waals surface area contributed by atoms with E-state index in [2.05, 4.69) is 50.0 Å². The van der Waals surface area contributed by atoms with E-state index in [1.54, 1.807) is 0 Å². The van der Waals surface area contributed by atoms with E-state index in [9.17, 15) is 10.1 Å². The van der Waals surface area contributed by atoms with Crippen LogP contribution in [0.4, 0.5) is 11.5 Å². The number of pyridine rings is 1. The average molecular weight is 455 g/mol. The minimum absolute atomic E-state index is 0.284. The zero-order valence-corrected chi connectivity index (χ0v) is 19.6. The second kappa shape index (κ2) is 8.44. The summed E-state index contributed by atoms with van der Waals surface area (Å²) in [5, 5.41) is 13.9. The van der Waals surface area contributed by atoms with Gasteiger partial charge in [0.2, 0.25) is 0 Å². The molecule has 3 aromatic rings. The summed E-state index contributed by atoms with van der Waals surface area (Å²) in [4.78, 5) is 22.0. The molecule has 1 aromatic carbocycles. The number of nitrogens with one attached hydrogen (secondary N) is 1. The van der Waals surface area contributed by atoms with Gasteiger partial charge >= 0.3 is 0 Å². The number of benzene rings is 1. The zero-order chi connectivity index (χ0) is 23.2. The van der Waals surface area contributed by atoms with Crippen LogP contribution in [-0.4, -0.2) is 54.6 Å². The summed E-state index contributed by atoms with van der Waals surface area (Å²) in [7, 11) is 2.01. The highest BCUT2D eigenvalue weighted by atomic mass is 16.1. The van der Waals surface area contributed by atoms with Gasteiger partial charge in [0.05, 0.1) is 5.56 Å². The molecule has 34 heavy (non-hydrogen) atoms. The SMILES string of the molecule is CN[C@H]1C[C@H](n2cc(C#N)c3ccc(N4CCN(c5ccc6c(c5)CCCC6=O)CC4)nc32)C1. The van der Waals surface area contributed by atoms with Gasteiger partial charge < -0.3 is 19.7 Å². The molecule has 174 valence electrons. The maximum atomic E-state index is 12.2. The summed E-state index contributed by atoms with van der Waals surface area (Å²) < 4.78 is 2.22. The van der Waals surface area contributed by atoms with Crippen molar-refractivity contribution in [2.45, 2.75) is 44.2 Å². The fourth-order valence-corrected chi connectivity index (χ4v) is 5.73. The Hall–Kier alpha value is -3.37. The van der Waals surface area contributed by atoms with Crippen LogP contribution in [0.2, 0.25) is 0 Å². The standard InChI is InChI=1S/C27H30N6O/c1-29-20-14-22(15-20)33-17-19(16-28)24-7-8-26(30-27(24)33)32-11-9-31(10-12-32)21-5-6-23-18(13-21)3-2-4-25(23)34/h5-8,13,17,20,22,29H,2-4,9-12,14-15H2,1H3/t20-,22-. The van der Waals surface area contributed by atoms with E-state index in [1.165, 1.54) is 11.3 Å². The molecule has 7 heteroatoms. The van der Waals surface area contributed by atoms with Crippen LogP contribution in [0, 0.1) is 11.3 Å². The van der Waals surface area contributed by atoms with Gasteiger partial charge in [-0.3, -0.25) is 4.79 Å². The van der Waals surface area contributed by atoms with Crippen molar-refractivity contribution < 1.29 is 4.79 Å². The first-order valence-corrected chi connectivity index (χ1v) is 12.4. The number of rotatable bonds is 4. The number of carbonyl (C=O) groups is 1. The Kier molecular flexibility index (Phi) is 5.26. The molecule has 0 radical (unpaired) electrons. The number of nitrogens with zero attached hydrogens (tertiary/aromatic N) is 5. The molecule has 3 aliphatic rings. The van der Waals surface area contributed by atoms with Gasteiger partial charge in [0, 0.05) is 67.5 Å². The molecule has 1 N–H and O–H groups in total. The molecule has 2 aromatic heterocycles. The van der Waals surface area contributed by atoms with Crippen molar-refractivity contribution in [3.63, 3.8) is 0 Å². The first-order chi connectivity index (χ1) is 16.6. The Morgan fingerprint density at radius 3 is 2.62 bits per heavy atom. The largest absolute Gasteiger partial charge is 0.368 e. The van der Waals surface area contributed by atoms with Crippen LogP contribution in [0.25, 0.3) is 11.0 Å². The van der Waals surface area contributed by atoms with E-state index in [0.717, 1.165) is 74.3 Å². The molecule has 0 unspecified atom stereocenters. The van der Waals surface area contributed by atoms with Crippen LogP contribution < -0.4 is 15.1 Å². The molecular weight excluding hydrogens is 424 g/mol. The number of hydrogen-bond donors (Lipinski definition) is 1. The maximum Gasteiger partial charge on any atom is 0.163 e. The summed E-state index contributed by atoms with van der Waals surface area (Å²) in [6.45, 7) is 3.63. The Morgan fingerprint density at radius 1 is 1.06 bits per heavy atom. The lowest BCUT2D eigenvalue weighted by molar-refractivity contribution is 0.0972. The van der Waals surface area contributed by atoms with Crippen molar-refractivity contribution in [3.8, 4) is 6.07 Å². The topological polar surface area (TPSA) is 77.2 Å². The lowest BCUT2D eigenvalue weighted by atomic mass is 9.87. The third-order valence-corrected chi connectivity index (χ3v) is 7.91. The average Bonchev–Trinajstić information content (AvgIpc) is 3.21. The number of carbonyl (C=O) groups excluding carboxylic acids is 1. The summed E-state index contributed by atoms with van der Waals surface area (Å²) in [5.74, 6) is 1.27. The monoisotopic (exact) mass is 454 g/mol. The summed E-state index contributed by atoms with van der Waals surface area (Å²) in [6, 6.07) is 13.8. The zero-order valence-electron chi connectivity index (χ0n) is 19.6. The van der Waals surface area contributed by atoms with Crippen molar-refractivity contribution >= 4 is 28.3 Å². The van der Waals surface area contributed by atoms with Gasteiger partial charge in [-0.2, -0.15) is 5.26 Å². The third kappa shape index (κ3) is 3.54. The second-order valence-corrected chi connectivity index (χ2v) is 9.81. The molecule has 7 nitrogen and oxygen atoms in total. The van der Waals surface area contributed by atoms with Gasteiger partial charge in [-0.1, -0.05) is 0 Å². The Balaban J connectivity index is 1.20. The molecule has 0 amide bonds. The van der Waals surface area contributed by atoms with Gasteiger partial charge in [0.15, 0.2) is 5.78 Å². The summed E-state index contributed by atoms with van der Waals surface area (Å²) >= 11 is 0. The first kappa shape index (κ1) is 21.2. The number of anilines is 2. The fourth-order valence-electron chi connectivity index (χ4n) is 5.73. The predicted molar refractivity (Wildman–Crippen MR) is 134 cm³/mol. The van der Waals surface area contributed by atoms with Gasteiger partial charge in [0.25, 0.3) is 0 Å². The molecule has 1 aliphatic heterocycles. The predicted octanol–water partition coefficient (Wildman–Crippen LogP) is 3.68. The van der Waals surface area contributed by atoms with E-state index >= 15 is 0 Å². The van der Waals surface area contributed by atoms with Crippen molar-refractivity contribution in [1.29, 1.82) is 5.26 Å². The van der Waals surface area contributed by atoms with Crippen molar-refractivity contribution in [2.75, 3.05) is 43.0 Å². The van der Waals surface area contributed by atoms with Gasteiger partial charge in [-0.25, -0.2) is 4.98 Å². The maximum absolute atomic E-state index is 12.2. The molecule has 2 aliphatic carbocycles. The van der Waals surface area contributed by atoms with E-state index < -0.39 is 0 Å². The molecule has 2 fully saturated rings. The van der Waals surface area contributed by atoms with E-state index in [0.29, 0.717) is 24.1 Å². The van der Waals surface area contributed by atoms with Gasteiger partial charge in [0.1, 0.15) is 17.5 Å². The number of nitriles is 1. The number of hydrogen-bond acceptors (Lipinski definition) is 6. The van der Waals surface area contributed by atoms with Crippen LogP contribution in [-0.2, 0) is 6.42 Å². The summed E-state index contributed by atoms with van der Waals surface area (Å²) in [6.07, 6.45) is 6.77. The van der Waals surface area contributed by atoms with Crippen LogP contribution in [0.5, 0.6) is 0 Å².